The van der Waals surface area contributed by atoms with E-state index in [1.54, 1.807) is 43.2 Å². The molecule has 0 spiro atoms. The summed E-state index contributed by atoms with van der Waals surface area (Å²) in [6, 6.07) is 14.2. The number of aryl methyl sites for hydroxylation is 2. The number of nitrogens with zero attached hydrogens (tertiary/aromatic N) is 1. The van der Waals surface area contributed by atoms with Crippen molar-refractivity contribution in [3.05, 3.63) is 93.6 Å². The van der Waals surface area contributed by atoms with Crippen molar-refractivity contribution in [2.75, 3.05) is 13.7 Å². The van der Waals surface area contributed by atoms with E-state index in [0.29, 0.717) is 23.3 Å². The Morgan fingerprint density at radius 3 is 2.44 bits per heavy atom. The highest BCUT2D eigenvalue weighted by Gasteiger charge is 2.42. The lowest BCUT2D eigenvalue weighted by atomic mass is 9.72. The van der Waals surface area contributed by atoms with Crippen LogP contribution in [0.1, 0.15) is 84.3 Å². The molecule has 3 aromatic carbocycles. The Bertz CT molecular complexity index is 1690. The Kier molecular flexibility index (Phi) is 8.51. The van der Waals surface area contributed by atoms with Crippen LogP contribution in [0.2, 0.25) is 0 Å². The van der Waals surface area contributed by atoms with Crippen molar-refractivity contribution in [3.8, 4) is 16.9 Å². The lowest BCUT2D eigenvalue weighted by Crippen LogP contribution is -2.35. The van der Waals surface area contributed by atoms with E-state index in [2.05, 4.69) is 19.9 Å². The minimum atomic E-state index is -4.51. The number of ether oxygens (including phenoxy) is 2. The summed E-state index contributed by atoms with van der Waals surface area (Å²) in [5.74, 6) is -0.306. The maximum atomic E-state index is 13.6. The number of carboxylic acid groups (broad SMARTS) is 1. The van der Waals surface area contributed by atoms with Crippen molar-refractivity contribution in [2.45, 2.75) is 72.2 Å². The number of hydrogen-bond donors (Lipinski definition) is 1. The zero-order chi connectivity index (χ0) is 32.8. The van der Waals surface area contributed by atoms with Gasteiger partial charge in [0.25, 0.3) is 0 Å². The molecule has 6 nitrogen and oxygen atoms in total. The number of aromatic carboxylic acids is 1. The largest absolute Gasteiger partial charge is 0.496 e. The number of methoxy groups -OCH3 is 1. The minimum absolute atomic E-state index is 0.0304. The molecule has 1 fully saturated rings. The Morgan fingerprint density at radius 2 is 1.80 bits per heavy atom. The summed E-state index contributed by atoms with van der Waals surface area (Å²) < 4.78 is 52.3. The van der Waals surface area contributed by atoms with Gasteiger partial charge in [0.05, 0.1) is 24.3 Å². The van der Waals surface area contributed by atoms with Crippen LogP contribution in [-0.2, 0) is 10.9 Å². The molecule has 0 bridgehead atoms. The molecule has 3 aromatic rings. The van der Waals surface area contributed by atoms with Crippen LogP contribution in [0, 0.1) is 19.3 Å². The van der Waals surface area contributed by atoms with Gasteiger partial charge >= 0.3 is 18.2 Å². The van der Waals surface area contributed by atoms with Gasteiger partial charge in [-0.25, -0.2) is 9.59 Å². The van der Waals surface area contributed by atoms with Crippen LogP contribution in [0.4, 0.5) is 18.0 Å². The number of carbonyl (C=O) groups is 2. The second-order valence-electron chi connectivity index (χ2n) is 13.0. The molecule has 1 amide bonds. The van der Waals surface area contributed by atoms with Gasteiger partial charge in [-0.1, -0.05) is 37.6 Å². The number of alkyl halides is 3. The number of amides is 1. The van der Waals surface area contributed by atoms with Crippen molar-refractivity contribution >= 4 is 17.6 Å². The Balaban J connectivity index is 1.54. The first kappa shape index (κ1) is 32.1. The standard InChI is InChI=1S/C36H38F3NO5/c1-20-13-25(16-27(14-20)36(37,38)39)32-22(3)40(34(43)45-32)19-26-18-35(4,5)12-11-29(26)30-17-23(8-10-31(30)44-6)28-9-7-24(33(41)42)15-21(28)2/h7-10,13-17,22,32H,11-12,18-19H2,1-6H3,(H,41,42)/t22-,32-/m0/s1. The SMILES string of the molecule is COc1ccc(-c2ccc(C(=O)O)cc2C)cc1C1=C(CN2C(=O)O[C@H](c3cc(C)cc(C(F)(F)F)c3)[C@@H]2C)CC(C)(C)CC1. The van der Waals surface area contributed by atoms with Gasteiger partial charge in [-0.3, -0.25) is 4.90 Å². The quantitative estimate of drug-likeness (QED) is 0.285. The molecule has 1 N–H and O–H groups in total. The Hall–Kier alpha value is -4.27. The van der Waals surface area contributed by atoms with Crippen LogP contribution in [0.25, 0.3) is 16.7 Å². The molecule has 1 saturated heterocycles. The van der Waals surface area contributed by atoms with E-state index in [4.69, 9.17) is 9.47 Å². The van der Waals surface area contributed by atoms with Gasteiger partial charge in [0.15, 0.2) is 0 Å². The van der Waals surface area contributed by atoms with E-state index < -0.39 is 35.9 Å². The van der Waals surface area contributed by atoms with Crippen LogP contribution in [0.3, 0.4) is 0 Å². The molecular formula is C36H38F3NO5. The van der Waals surface area contributed by atoms with Crippen LogP contribution in [0.15, 0.2) is 60.2 Å². The molecule has 1 aliphatic heterocycles. The van der Waals surface area contributed by atoms with Crippen LogP contribution >= 0.6 is 0 Å². The number of halogens is 3. The van der Waals surface area contributed by atoms with Gasteiger partial charge in [-0.2, -0.15) is 13.2 Å². The van der Waals surface area contributed by atoms with E-state index in [-0.39, 0.29) is 17.5 Å². The maximum Gasteiger partial charge on any atom is 0.416 e. The Morgan fingerprint density at radius 1 is 1.07 bits per heavy atom. The minimum Gasteiger partial charge on any atom is -0.496 e. The van der Waals surface area contributed by atoms with Crippen molar-refractivity contribution in [3.63, 3.8) is 0 Å². The molecule has 1 heterocycles. The molecule has 5 rings (SSSR count). The molecule has 9 heteroatoms. The average Bonchev–Trinajstić information content (AvgIpc) is 3.24. The predicted molar refractivity (Wildman–Crippen MR) is 166 cm³/mol. The number of carbonyl (C=O) groups excluding carboxylic acids is 1. The summed E-state index contributed by atoms with van der Waals surface area (Å²) in [6.45, 7) is 9.93. The summed E-state index contributed by atoms with van der Waals surface area (Å²) >= 11 is 0. The molecule has 2 atom stereocenters. The second kappa shape index (κ2) is 11.9. The highest BCUT2D eigenvalue weighted by Crippen LogP contribution is 2.47. The van der Waals surface area contributed by atoms with E-state index in [1.165, 1.54) is 0 Å². The monoisotopic (exact) mass is 621 g/mol. The number of cyclic esters (lactones) is 1. The van der Waals surface area contributed by atoms with E-state index >= 15 is 0 Å². The van der Waals surface area contributed by atoms with Gasteiger partial charge in [0, 0.05) is 12.1 Å². The summed E-state index contributed by atoms with van der Waals surface area (Å²) in [6.07, 6.45) is -3.54. The summed E-state index contributed by atoms with van der Waals surface area (Å²) in [4.78, 5) is 26.4. The molecule has 238 valence electrons. The van der Waals surface area contributed by atoms with Crippen molar-refractivity contribution in [1.82, 2.24) is 4.90 Å². The molecule has 0 radical (unpaired) electrons. The van der Waals surface area contributed by atoms with E-state index in [1.807, 2.05) is 26.0 Å². The van der Waals surface area contributed by atoms with Crippen LogP contribution < -0.4 is 4.74 Å². The number of hydrogen-bond acceptors (Lipinski definition) is 4. The summed E-state index contributed by atoms with van der Waals surface area (Å²) in [7, 11) is 1.61. The zero-order valence-electron chi connectivity index (χ0n) is 26.3. The topological polar surface area (TPSA) is 76.1 Å². The first-order chi connectivity index (χ1) is 21.1. The molecule has 45 heavy (non-hydrogen) atoms. The normalized spacial score (nSPS) is 19.9. The smallest absolute Gasteiger partial charge is 0.416 e. The van der Waals surface area contributed by atoms with Crippen molar-refractivity contribution < 1.29 is 37.3 Å². The maximum absolute atomic E-state index is 13.6. The lowest BCUT2D eigenvalue weighted by molar-refractivity contribution is -0.137. The fourth-order valence-electron chi connectivity index (χ4n) is 6.63. The lowest BCUT2D eigenvalue weighted by Gasteiger charge is -2.36. The van der Waals surface area contributed by atoms with Crippen LogP contribution in [-0.4, -0.2) is 41.8 Å². The highest BCUT2D eigenvalue weighted by molar-refractivity contribution is 5.89. The molecule has 0 unspecified atom stereocenters. The van der Waals surface area contributed by atoms with Crippen molar-refractivity contribution in [2.24, 2.45) is 5.41 Å². The molecule has 2 aliphatic rings. The van der Waals surface area contributed by atoms with Gasteiger partial charge in [0.2, 0.25) is 0 Å². The van der Waals surface area contributed by atoms with Gasteiger partial charge in [-0.15, -0.1) is 0 Å². The number of allylic oxidation sites excluding steroid dienone is 1. The van der Waals surface area contributed by atoms with Crippen LogP contribution in [0.5, 0.6) is 5.75 Å². The third-order valence-electron chi connectivity index (χ3n) is 8.99. The van der Waals surface area contributed by atoms with Gasteiger partial charge in [-0.05, 0) is 115 Å². The Labute approximate surface area is 261 Å². The van der Waals surface area contributed by atoms with E-state index in [9.17, 15) is 27.9 Å². The van der Waals surface area contributed by atoms with Gasteiger partial charge < -0.3 is 14.6 Å². The highest BCUT2D eigenvalue weighted by atomic mass is 19.4. The number of carboxylic acids is 1. The fraction of sp³-hybridized carbons (Fsp3) is 0.389. The third kappa shape index (κ3) is 6.58. The summed E-state index contributed by atoms with van der Waals surface area (Å²) in [5, 5.41) is 9.41. The first-order valence-electron chi connectivity index (χ1n) is 15.0. The third-order valence-corrected chi connectivity index (χ3v) is 8.99. The predicted octanol–water partition coefficient (Wildman–Crippen LogP) is 9.24. The number of rotatable bonds is 7. The molecular weight excluding hydrogens is 583 g/mol. The number of benzene rings is 3. The summed E-state index contributed by atoms with van der Waals surface area (Å²) in [5.41, 5.74) is 5.83. The van der Waals surface area contributed by atoms with E-state index in [0.717, 1.165) is 58.4 Å². The second-order valence-corrected chi connectivity index (χ2v) is 13.0. The average molecular weight is 622 g/mol. The fourth-order valence-corrected chi connectivity index (χ4v) is 6.63. The van der Waals surface area contributed by atoms with Crippen molar-refractivity contribution in [1.29, 1.82) is 0 Å². The molecule has 0 aromatic heterocycles. The molecule has 0 saturated carbocycles. The van der Waals surface area contributed by atoms with Gasteiger partial charge in [0.1, 0.15) is 11.9 Å². The molecule has 1 aliphatic carbocycles. The zero-order valence-corrected chi connectivity index (χ0v) is 26.3. The first-order valence-corrected chi connectivity index (χ1v) is 15.0.